The lowest BCUT2D eigenvalue weighted by molar-refractivity contribution is 0.155. The van der Waals surface area contributed by atoms with Crippen molar-refractivity contribution in [3.05, 3.63) is 23.8 Å². The van der Waals surface area contributed by atoms with Crippen molar-refractivity contribution in [3.63, 3.8) is 0 Å². The van der Waals surface area contributed by atoms with Crippen molar-refractivity contribution in [3.8, 4) is 6.07 Å². The van der Waals surface area contributed by atoms with E-state index in [2.05, 4.69) is 44.3 Å². The summed E-state index contributed by atoms with van der Waals surface area (Å²) in [7, 11) is 0. The van der Waals surface area contributed by atoms with Gasteiger partial charge in [0.1, 0.15) is 6.07 Å². The highest BCUT2D eigenvalue weighted by Gasteiger charge is 2.59. The van der Waals surface area contributed by atoms with E-state index in [1.54, 1.807) is 11.8 Å². The van der Waals surface area contributed by atoms with E-state index in [9.17, 15) is 5.26 Å². The molecule has 1 aromatic carbocycles. The second-order valence-electron chi connectivity index (χ2n) is 7.49. The third-order valence-corrected chi connectivity index (χ3v) is 6.71. The Bertz CT molecular complexity index is 597. The molecule has 2 aliphatic carbocycles. The minimum Gasteiger partial charge on any atom is -0.380 e. The van der Waals surface area contributed by atoms with E-state index in [4.69, 9.17) is 0 Å². The molecule has 3 heteroatoms. The number of nitrogens with zero attached hydrogens (tertiary/aromatic N) is 1. The zero-order valence-corrected chi connectivity index (χ0v) is 14.2. The smallest absolute Gasteiger partial charge is 0.102 e. The Morgan fingerprint density at radius 2 is 2.10 bits per heavy atom. The number of rotatable bonds is 3. The molecule has 2 saturated carbocycles. The molecule has 2 fully saturated rings. The zero-order chi connectivity index (χ0) is 15.3. The summed E-state index contributed by atoms with van der Waals surface area (Å²) in [5.41, 5.74) is 2.48. The summed E-state index contributed by atoms with van der Waals surface area (Å²) in [6, 6.07) is 8.98. The monoisotopic (exact) mass is 300 g/mol. The van der Waals surface area contributed by atoms with Crippen molar-refractivity contribution in [1.82, 2.24) is 0 Å². The van der Waals surface area contributed by atoms with Gasteiger partial charge in [0.05, 0.1) is 11.3 Å². The number of thioether (sulfide) groups is 1. The SMILES string of the molecule is CSc1cccc(NC2C3(C)CCC(C3)C2(C)C)c1C#N. The van der Waals surface area contributed by atoms with Gasteiger partial charge in [-0.3, -0.25) is 0 Å². The van der Waals surface area contributed by atoms with Crippen LogP contribution in [0, 0.1) is 28.1 Å². The Morgan fingerprint density at radius 3 is 2.67 bits per heavy atom. The van der Waals surface area contributed by atoms with Gasteiger partial charge in [0.25, 0.3) is 0 Å². The van der Waals surface area contributed by atoms with E-state index < -0.39 is 0 Å². The quantitative estimate of drug-likeness (QED) is 0.806. The summed E-state index contributed by atoms with van der Waals surface area (Å²) in [5, 5.41) is 13.3. The molecule has 1 N–H and O–H groups in total. The molecule has 0 spiro atoms. The second-order valence-corrected chi connectivity index (χ2v) is 8.34. The van der Waals surface area contributed by atoms with Crippen molar-refractivity contribution in [2.75, 3.05) is 11.6 Å². The number of nitriles is 1. The Kier molecular flexibility index (Phi) is 3.48. The molecule has 0 amide bonds. The van der Waals surface area contributed by atoms with Crippen molar-refractivity contribution >= 4 is 17.4 Å². The van der Waals surface area contributed by atoms with Crippen LogP contribution in [-0.4, -0.2) is 12.3 Å². The normalized spacial score (nSPS) is 32.9. The van der Waals surface area contributed by atoms with Crippen molar-refractivity contribution in [1.29, 1.82) is 5.26 Å². The van der Waals surface area contributed by atoms with Crippen LogP contribution in [0.5, 0.6) is 0 Å². The summed E-state index contributed by atoms with van der Waals surface area (Å²) < 4.78 is 0. The zero-order valence-electron chi connectivity index (χ0n) is 13.4. The molecule has 0 radical (unpaired) electrons. The van der Waals surface area contributed by atoms with Gasteiger partial charge in [-0.15, -0.1) is 11.8 Å². The third kappa shape index (κ3) is 2.16. The molecule has 0 saturated heterocycles. The van der Waals surface area contributed by atoms with Gasteiger partial charge in [0, 0.05) is 10.9 Å². The van der Waals surface area contributed by atoms with Crippen LogP contribution in [0.25, 0.3) is 0 Å². The number of hydrogen-bond acceptors (Lipinski definition) is 3. The second kappa shape index (κ2) is 4.95. The lowest BCUT2D eigenvalue weighted by Gasteiger charge is -2.43. The number of fused-ring (bicyclic) bond motifs is 2. The fourth-order valence-corrected chi connectivity index (χ4v) is 5.33. The molecule has 2 bridgehead atoms. The molecule has 3 unspecified atom stereocenters. The average molecular weight is 300 g/mol. The standard InChI is InChI=1S/C18H24N2S/c1-17(2)12-8-9-18(3,10-12)16(17)20-14-6-5-7-15(21-4)13(14)11-19/h5-7,12,16,20H,8-10H2,1-4H3. The van der Waals surface area contributed by atoms with Crippen LogP contribution in [0.3, 0.4) is 0 Å². The molecule has 0 heterocycles. The first-order valence-electron chi connectivity index (χ1n) is 7.76. The largest absolute Gasteiger partial charge is 0.380 e. The fraction of sp³-hybridized carbons (Fsp3) is 0.611. The molecule has 112 valence electrons. The van der Waals surface area contributed by atoms with Gasteiger partial charge in [-0.1, -0.05) is 26.8 Å². The lowest BCUT2D eigenvalue weighted by Crippen LogP contribution is -2.45. The maximum absolute atomic E-state index is 9.53. The summed E-state index contributed by atoms with van der Waals surface area (Å²) in [6.07, 6.45) is 6.02. The van der Waals surface area contributed by atoms with Crippen LogP contribution in [-0.2, 0) is 0 Å². The predicted molar refractivity (Wildman–Crippen MR) is 89.6 cm³/mol. The Hall–Kier alpha value is -1.14. The molecule has 1 aromatic rings. The molecule has 3 atom stereocenters. The van der Waals surface area contributed by atoms with Crippen molar-refractivity contribution in [2.45, 2.75) is 51.0 Å². The third-order valence-electron chi connectivity index (χ3n) is 5.93. The van der Waals surface area contributed by atoms with Crippen LogP contribution >= 0.6 is 11.8 Å². The number of benzene rings is 1. The fourth-order valence-electron chi connectivity index (χ4n) is 4.75. The summed E-state index contributed by atoms with van der Waals surface area (Å²) in [6.45, 7) is 7.21. The minimum atomic E-state index is 0.301. The number of anilines is 1. The van der Waals surface area contributed by atoms with Crippen LogP contribution in [0.15, 0.2) is 23.1 Å². The van der Waals surface area contributed by atoms with Crippen LogP contribution < -0.4 is 5.32 Å². The van der Waals surface area contributed by atoms with Gasteiger partial charge in [0.15, 0.2) is 0 Å². The van der Waals surface area contributed by atoms with Gasteiger partial charge in [-0.2, -0.15) is 5.26 Å². The first kappa shape index (κ1) is 14.8. The van der Waals surface area contributed by atoms with E-state index in [-0.39, 0.29) is 0 Å². The van der Waals surface area contributed by atoms with Gasteiger partial charge < -0.3 is 5.32 Å². The van der Waals surface area contributed by atoms with E-state index >= 15 is 0 Å². The number of hydrogen-bond donors (Lipinski definition) is 1. The van der Waals surface area contributed by atoms with Crippen LogP contribution in [0.1, 0.15) is 45.6 Å². The van der Waals surface area contributed by atoms with E-state index in [0.29, 0.717) is 16.9 Å². The molecule has 21 heavy (non-hydrogen) atoms. The Morgan fingerprint density at radius 1 is 1.33 bits per heavy atom. The summed E-state index contributed by atoms with van der Waals surface area (Å²) >= 11 is 1.64. The maximum atomic E-state index is 9.53. The molecule has 0 aromatic heterocycles. The van der Waals surface area contributed by atoms with Crippen LogP contribution in [0.4, 0.5) is 5.69 Å². The summed E-state index contributed by atoms with van der Waals surface area (Å²) in [5.74, 6) is 0.814. The highest BCUT2D eigenvalue weighted by atomic mass is 32.2. The molecule has 3 rings (SSSR count). The molecule has 0 aliphatic heterocycles. The minimum absolute atomic E-state index is 0.301. The van der Waals surface area contributed by atoms with Gasteiger partial charge >= 0.3 is 0 Å². The maximum Gasteiger partial charge on any atom is 0.102 e. The van der Waals surface area contributed by atoms with Gasteiger partial charge in [-0.05, 0) is 54.4 Å². The van der Waals surface area contributed by atoms with Crippen molar-refractivity contribution < 1.29 is 0 Å². The molecular formula is C18H24N2S. The average Bonchev–Trinajstić information content (AvgIpc) is 2.94. The topological polar surface area (TPSA) is 35.8 Å². The Balaban J connectivity index is 1.96. The van der Waals surface area contributed by atoms with E-state index in [0.717, 1.165) is 22.1 Å². The van der Waals surface area contributed by atoms with Crippen molar-refractivity contribution in [2.24, 2.45) is 16.7 Å². The van der Waals surface area contributed by atoms with Gasteiger partial charge in [-0.25, -0.2) is 0 Å². The van der Waals surface area contributed by atoms with E-state index in [1.165, 1.54) is 19.3 Å². The molecular weight excluding hydrogens is 276 g/mol. The first-order valence-corrected chi connectivity index (χ1v) is 8.98. The van der Waals surface area contributed by atoms with Crippen LogP contribution in [0.2, 0.25) is 0 Å². The Labute approximate surface area is 132 Å². The predicted octanol–water partition coefficient (Wildman–Crippen LogP) is 4.91. The highest BCUT2D eigenvalue weighted by molar-refractivity contribution is 7.98. The lowest BCUT2D eigenvalue weighted by atomic mass is 9.68. The molecule has 2 aliphatic rings. The molecule has 2 nitrogen and oxygen atoms in total. The number of nitrogens with one attached hydrogen (secondary N) is 1. The summed E-state index contributed by atoms with van der Waals surface area (Å²) in [4.78, 5) is 1.06. The van der Waals surface area contributed by atoms with E-state index in [1.807, 2.05) is 12.3 Å². The highest BCUT2D eigenvalue weighted by Crippen LogP contribution is 2.63. The first-order chi connectivity index (χ1) is 9.92. The van der Waals surface area contributed by atoms with Gasteiger partial charge in [0.2, 0.25) is 0 Å².